The van der Waals surface area contributed by atoms with Crippen molar-refractivity contribution in [3.63, 3.8) is 0 Å². The molecule has 0 aromatic heterocycles. The fourth-order valence-electron chi connectivity index (χ4n) is 1.15. The number of nitrogens with two attached hydrogens (primary N) is 1. The number of unbranched alkanes of at least 4 members (excludes halogenated alkanes) is 1. The number of guanidine groups is 1. The van der Waals surface area contributed by atoms with Crippen LogP contribution >= 0.6 is 24.0 Å². The fraction of sp³-hybridized carbons (Fsp3) is 0.909. The van der Waals surface area contributed by atoms with E-state index in [0.29, 0.717) is 5.96 Å². The highest BCUT2D eigenvalue weighted by Gasteiger charge is 1.97. The Balaban J connectivity index is 0. The van der Waals surface area contributed by atoms with E-state index in [1.54, 1.807) is 7.11 Å². The molecule has 5 nitrogen and oxygen atoms in total. The van der Waals surface area contributed by atoms with Crippen molar-refractivity contribution in [3.05, 3.63) is 0 Å². The van der Waals surface area contributed by atoms with Gasteiger partial charge in [-0.15, -0.1) is 24.0 Å². The molecule has 104 valence electrons. The first kappa shape index (κ1) is 19.3. The summed E-state index contributed by atoms with van der Waals surface area (Å²) in [7, 11) is 3.77. The molecular formula is C11H27IN4O. The number of hydrogen-bond donors (Lipinski definition) is 2. The quantitative estimate of drug-likeness (QED) is 0.278. The predicted molar refractivity (Wildman–Crippen MR) is 84.2 cm³/mol. The lowest BCUT2D eigenvalue weighted by Crippen LogP contribution is -2.38. The van der Waals surface area contributed by atoms with Crippen LogP contribution < -0.4 is 11.1 Å². The van der Waals surface area contributed by atoms with Crippen LogP contribution in [0.5, 0.6) is 0 Å². The minimum absolute atomic E-state index is 0. The summed E-state index contributed by atoms with van der Waals surface area (Å²) in [6, 6.07) is 0. The van der Waals surface area contributed by atoms with Crippen LogP contribution in [0.4, 0.5) is 0 Å². The molecule has 0 fully saturated rings. The Labute approximate surface area is 122 Å². The molecule has 0 bridgehead atoms. The summed E-state index contributed by atoms with van der Waals surface area (Å²) in [5, 5.41) is 3.09. The summed E-state index contributed by atoms with van der Waals surface area (Å²) in [6.07, 6.45) is 2.24. The standard InChI is InChI=1S/C11H26N4O.HI/c1-4-5-6-13-11(12)14-7-8-15(2)9-10-16-3;/h4-10H2,1-3H3,(H3,12,13,14);1H. The Morgan fingerprint density at radius 1 is 1.41 bits per heavy atom. The molecule has 0 radical (unpaired) electrons. The van der Waals surface area contributed by atoms with Gasteiger partial charge in [0, 0.05) is 33.3 Å². The van der Waals surface area contributed by atoms with Crippen LogP contribution in [0.25, 0.3) is 0 Å². The molecule has 0 aromatic rings. The van der Waals surface area contributed by atoms with Crippen molar-refractivity contribution >= 4 is 29.9 Å². The molecule has 0 unspecified atom stereocenters. The highest BCUT2D eigenvalue weighted by Crippen LogP contribution is 1.86. The monoisotopic (exact) mass is 358 g/mol. The van der Waals surface area contributed by atoms with Crippen molar-refractivity contribution in [1.82, 2.24) is 10.2 Å². The predicted octanol–water partition coefficient (Wildman–Crippen LogP) is 0.887. The van der Waals surface area contributed by atoms with Crippen LogP contribution in [-0.4, -0.2) is 57.8 Å². The molecule has 0 saturated carbocycles. The van der Waals surface area contributed by atoms with E-state index in [1.165, 1.54) is 0 Å². The molecule has 3 N–H and O–H groups in total. The van der Waals surface area contributed by atoms with Gasteiger partial charge in [-0.3, -0.25) is 4.99 Å². The van der Waals surface area contributed by atoms with Crippen LogP contribution in [-0.2, 0) is 4.74 Å². The smallest absolute Gasteiger partial charge is 0.188 e. The fourth-order valence-corrected chi connectivity index (χ4v) is 1.15. The average Bonchev–Trinajstić information content (AvgIpc) is 2.26. The number of methoxy groups -OCH3 is 1. The molecule has 0 rings (SSSR count). The van der Waals surface area contributed by atoms with Crippen molar-refractivity contribution in [2.45, 2.75) is 19.8 Å². The number of rotatable bonds is 9. The number of nitrogens with zero attached hydrogens (tertiary/aromatic N) is 2. The molecule has 6 heteroatoms. The minimum atomic E-state index is 0. The van der Waals surface area contributed by atoms with E-state index in [1.807, 2.05) is 0 Å². The second-order valence-corrected chi connectivity index (χ2v) is 3.84. The van der Waals surface area contributed by atoms with Gasteiger partial charge in [-0.1, -0.05) is 13.3 Å². The zero-order chi connectivity index (χ0) is 12.2. The van der Waals surface area contributed by atoms with Crippen LogP contribution in [0.15, 0.2) is 4.99 Å². The lowest BCUT2D eigenvalue weighted by Gasteiger charge is -2.16. The third kappa shape index (κ3) is 13.9. The van der Waals surface area contributed by atoms with E-state index in [-0.39, 0.29) is 24.0 Å². The molecule has 0 aliphatic heterocycles. The van der Waals surface area contributed by atoms with Crippen molar-refractivity contribution in [2.24, 2.45) is 10.7 Å². The molecular weight excluding hydrogens is 331 g/mol. The zero-order valence-electron chi connectivity index (χ0n) is 11.2. The lowest BCUT2D eigenvalue weighted by atomic mass is 10.3. The maximum Gasteiger partial charge on any atom is 0.188 e. The topological polar surface area (TPSA) is 62.9 Å². The second kappa shape index (κ2) is 14.0. The van der Waals surface area contributed by atoms with Gasteiger partial charge in [0.15, 0.2) is 5.96 Å². The van der Waals surface area contributed by atoms with Gasteiger partial charge in [-0.25, -0.2) is 0 Å². The van der Waals surface area contributed by atoms with Gasteiger partial charge in [-0.05, 0) is 13.5 Å². The molecule has 17 heavy (non-hydrogen) atoms. The zero-order valence-corrected chi connectivity index (χ0v) is 13.6. The largest absolute Gasteiger partial charge is 0.383 e. The van der Waals surface area contributed by atoms with Crippen molar-refractivity contribution in [2.75, 3.05) is 46.9 Å². The van der Waals surface area contributed by atoms with E-state index in [9.17, 15) is 0 Å². The maximum atomic E-state index is 5.70. The minimum Gasteiger partial charge on any atom is -0.383 e. The summed E-state index contributed by atoms with van der Waals surface area (Å²) >= 11 is 0. The Kier molecular flexibility index (Phi) is 15.8. The van der Waals surface area contributed by atoms with Gasteiger partial charge in [0.25, 0.3) is 0 Å². The molecule has 0 saturated heterocycles. The Bertz CT molecular complexity index is 190. The summed E-state index contributed by atoms with van der Waals surface area (Å²) in [5.74, 6) is 0.550. The van der Waals surface area contributed by atoms with E-state index < -0.39 is 0 Å². The summed E-state index contributed by atoms with van der Waals surface area (Å²) in [6.45, 7) is 6.41. The van der Waals surface area contributed by atoms with Gasteiger partial charge in [0.1, 0.15) is 0 Å². The van der Waals surface area contributed by atoms with E-state index in [4.69, 9.17) is 10.5 Å². The SMILES string of the molecule is CCCCN=C(N)NCCN(C)CCOC.I. The normalized spacial score (nSPS) is 11.4. The number of nitrogens with one attached hydrogen (secondary N) is 1. The van der Waals surface area contributed by atoms with Crippen LogP contribution in [0.1, 0.15) is 19.8 Å². The molecule has 0 heterocycles. The average molecular weight is 358 g/mol. The van der Waals surface area contributed by atoms with Gasteiger partial charge < -0.3 is 20.7 Å². The Hall–Kier alpha value is -0.0800. The van der Waals surface area contributed by atoms with E-state index in [2.05, 4.69) is 29.2 Å². The molecule has 0 aliphatic carbocycles. The first-order valence-corrected chi connectivity index (χ1v) is 5.92. The second-order valence-electron chi connectivity index (χ2n) is 3.84. The van der Waals surface area contributed by atoms with E-state index in [0.717, 1.165) is 45.6 Å². The molecule has 0 aliphatic rings. The van der Waals surface area contributed by atoms with Gasteiger partial charge in [-0.2, -0.15) is 0 Å². The molecule has 0 aromatic carbocycles. The lowest BCUT2D eigenvalue weighted by molar-refractivity contribution is 0.162. The highest BCUT2D eigenvalue weighted by molar-refractivity contribution is 14.0. The van der Waals surface area contributed by atoms with Crippen LogP contribution in [0.2, 0.25) is 0 Å². The Morgan fingerprint density at radius 2 is 2.12 bits per heavy atom. The first-order valence-electron chi connectivity index (χ1n) is 5.92. The molecule has 0 spiro atoms. The summed E-state index contributed by atoms with van der Waals surface area (Å²) < 4.78 is 4.99. The van der Waals surface area contributed by atoms with Gasteiger partial charge in [0.2, 0.25) is 0 Å². The van der Waals surface area contributed by atoms with Crippen molar-refractivity contribution < 1.29 is 4.74 Å². The van der Waals surface area contributed by atoms with Gasteiger partial charge >= 0.3 is 0 Å². The van der Waals surface area contributed by atoms with Crippen LogP contribution in [0.3, 0.4) is 0 Å². The Morgan fingerprint density at radius 3 is 2.71 bits per heavy atom. The van der Waals surface area contributed by atoms with Crippen molar-refractivity contribution in [1.29, 1.82) is 0 Å². The van der Waals surface area contributed by atoms with Gasteiger partial charge in [0.05, 0.1) is 6.61 Å². The first-order chi connectivity index (χ1) is 7.70. The number of ether oxygens (including phenoxy) is 1. The van der Waals surface area contributed by atoms with Crippen molar-refractivity contribution in [3.8, 4) is 0 Å². The summed E-state index contributed by atoms with van der Waals surface area (Å²) in [5.41, 5.74) is 5.70. The summed E-state index contributed by atoms with van der Waals surface area (Å²) in [4.78, 5) is 6.40. The molecule has 0 amide bonds. The number of halogens is 1. The molecule has 0 atom stereocenters. The van der Waals surface area contributed by atoms with Crippen LogP contribution in [0, 0.1) is 0 Å². The number of hydrogen-bond acceptors (Lipinski definition) is 3. The maximum absolute atomic E-state index is 5.70. The van der Waals surface area contributed by atoms with E-state index >= 15 is 0 Å². The number of aliphatic imine (C=N–C) groups is 1. The third-order valence-electron chi connectivity index (χ3n) is 2.27. The third-order valence-corrected chi connectivity index (χ3v) is 2.27. The highest BCUT2D eigenvalue weighted by atomic mass is 127. The number of likely N-dealkylation sites (N-methyl/N-ethyl adjacent to an activating group) is 1.